The topological polar surface area (TPSA) is 142 Å². The van der Waals surface area contributed by atoms with Crippen LogP contribution < -0.4 is 21.7 Å². The highest BCUT2D eigenvalue weighted by Gasteiger charge is 2.14. The van der Waals surface area contributed by atoms with Crippen molar-refractivity contribution in [3.05, 3.63) is 98.5 Å². The zero-order valence-electron chi connectivity index (χ0n) is 22.5. The third-order valence-corrected chi connectivity index (χ3v) is 7.11. The number of carbonyl (C=O) groups excluding carboxylic acids is 2. The van der Waals surface area contributed by atoms with Gasteiger partial charge in [-0.3, -0.25) is 14.4 Å². The number of nitrogens with one attached hydrogen (secondary N) is 3. The number of fused-ring (bicyclic) bond motifs is 3. The van der Waals surface area contributed by atoms with Crippen molar-refractivity contribution >= 4 is 44.6 Å². The van der Waals surface area contributed by atoms with Crippen LogP contribution in [-0.4, -0.2) is 35.0 Å². The fraction of sp³-hybridized carbons (Fsp3) is 0.250. The molecule has 0 atom stereocenters. The molecule has 0 radical (unpaired) electrons. The van der Waals surface area contributed by atoms with E-state index in [1.807, 2.05) is 18.2 Å². The summed E-state index contributed by atoms with van der Waals surface area (Å²) in [5.74, 6) is -0.415. The molecule has 3 aromatic carbocycles. The lowest BCUT2D eigenvalue weighted by Crippen LogP contribution is -2.26. The van der Waals surface area contributed by atoms with Gasteiger partial charge in [-0.2, -0.15) is 0 Å². The molecule has 5 aromatic rings. The molecule has 2 heterocycles. The number of aromatic amines is 1. The summed E-state index contributed by atoms with van der Waals surface area (Å²) in [6.45, 7) is 1.06. The van der Waals surface area contributed by atoms with Gasteiger partial charge in [0.25, 0.3) is 5.91 Å². The second-order valence-corrected chi connectivity index (χ2v) is 10.0. The fourth-order valence-corrected chi connectivity index (χ4v) is 5.04. The first-order valence-electron chi connectivity index (χ1n) is 13.7. The molecule has 0 fully saturated rings. The number of benzene rings is 3. The number of aromatic nitrogens is 1. The minimum atomic E-state index is -0.567. The van der Waals surface area contributed by atoms with Gasteiger partial charge in [-0.1, -0.05) is 37.5 Å². The molecule has 210 valence electrons. The number of amides is 2. The van der Waals surface area contributed by atoms with Crippen LogP contribution in [0.3, 0.4) is 0 Å². The zero-order valence-corrected chi connectivity index (χ0v) is 22.5. The lowest BCUT2D eigenvalue weighted by Gasteiger charge is -2.09. The van der Waals surface area contributed by atoms with Gasteiger partial charge in [0, 0.05) is 46.9 Å². The Balaban J connectivity index is 1.02. The quantitative estimate of drug-likeness (QED) is 0.108. The number of phenolic OH excluding ortho intramolecular Hbond substituents is 1. The maximum atomic E-state index is 12.9. The van der Waals surface area contributed by atoms with Crippen molar-refractivity contribution < 1.29 is 19.1 Å². The molecule has 0 spiro atoms. The van der Waals surface area contributed by atoms with Gasteiger partial charge in [-0.15, -0.1) is 0 Å². The molecule has 9 heteroatoms. The molecule has 0 unspecified atom stereocenters. The first kappa shape index (κ1) is 27.6. The molecule has 2 amide bonds. The Hall–Kier alpha value is -4.92. The van der Waals surface area contributed by atoms with E-state index >= 15 is 0 Å². The standard InChI is InChI=1S/C32H31N3O6/c36-21-13-14-22-20(18-29(38)41-27(22)19-21)17-28(37)33-15-6-2-1-3-7-16-34-32(40)25-11-8-10-24-30(25)35-26-12-5-4-9-23(26)31(24)39/h4-5,8-14,18-19,36H,1-3,6-7,15-17H2,(H,33,37)(H,34,40)(H,35,39). The average molecular weight is 554 g/mol. The van der Waals surface area contributed by atoms with Crippen LogP contribution in [0.4, 0.5) is 0 Å². The molecular formula is C32H31N3O6. The summed E-state index contributed by atoms with van der Waals surface area (Å²) >= 11 is 0. The van der Waals surface area contributed by atoms with Crippen molar-refractivity contribution in [2.75, 3.05) is 13.1 Å². The summed E-state index contributed by atoms with van der Waals surface area (Å²) in [5, 5.41) is 17.2. The Morgan fingerprint density at radius 1 is 0.780 bits per heavy atom. The highest BCUT2D eigenvalue weighted by molar-refractivity contribution is 6.07. The van der Waals surface area contributed by atoms with E-state index in [0.717, 1.165) is 32.1 Å². The maximum absolute atomic E-state index is 12.9. The number of rotatable bonds is 11. The number of hydrogen-bond donors (Lipinski definition) is 4. The largest absolute Gasteiger partial charge is 0.508 e. The molecule has 4 N–H and O–H groups in total. The monoisotopic (exact) mass is 553 g/mol. The van der Waals surface area contributed by atoms with E-state index in [2.05, 4.69) is 15.6 Å². The average Bonchev–Trinajstić information content (AvgIpc) is 2.95. The molecule has 5 rings (SSSR count). The van der Waals surface area contributed by atoms with Gasteiger partial charge in [-0.05, 0) is 54.8 Å². The molecule has 0 aliphatic rings. The zero-order chi connectivity index (χ0) is 28.8. The van der Waals surface area contributed by atoms with Gasteiger partial charge in [0.05, 0.1) is 17.5 Å². The lowest BCUT2D eigenvalue weighted by atomic mass is 10.1. The van der Waals surface area contributed by atoms with Gasteiger partial charge in [0.15, 0.2) is 5.43 Å². The van der Waals surface area contributed by atoms with Crippen LogP contribution in [0.2, 0.25) is 0 Å². The van der Waals surface area contributed by atoms with Crippen LogP contribution >= 0.6 is 0 Å². The van der Waals surface area contributed by atoms with Crippen molar-refractivity contribution in [2.24, 2.45) is 0 Å². The molecule has 0 saturated heterocycles. The number of carbonyl (C=O) groups is 2. The first-order valence-corrected chi connectivity index (χ1v) is 13.7. The number of para-hydroxylation sites is 2. The predicted molar refractivity (Wildman–Crippen MR) is 158 cm³/mol. The number of hydrogen-bond acceptors (Lipinski definition) is 6. The maximum Gasteiger partial charge on any atom is 0.336 e. The van der Waals surface area contributed by atoms with Crippen molar-refractivity contribution in [1.29, 1.82) is 0 Å². The predicted octanol–water partition coefficient (Wildman–Crippen LogP) is 4.53. The minimum Gasteiger partial charge on any atom is -0.508 e. The Morgan fingerprint density at radius 2 is 1.51 bits per heavy atom. The number of phenols is 1. The van der Waals surface area contributed by atoms with Gasteiger partial charge in [-0.25, -0.2) is 4.79 Å². The van der Waals surface area contributed by atoms with Gasteiger partial charge in [0.1, 0.15) is 11.3 Å². The normalized spacial score (nSPS) is 11.2. The molecule has 0 saturated carbocycles. The molecular weight excluding hydrogens is 522 g/mol. The van der Waals surface area contributed by atoms with E-state index in [1.165, 1.54) is 18.2 Å². The highest BCUT2D eigenvalue weighted by Crippen LogP contribution is 2.22. The smallest absolute Gasteiger partial charge is 0.336 e. The number of unbranched alkanes of at least 4 members (excludes halogenated alkanes) is 4. The Morgan fingerprint density at radius 3 is 2.34 bits per heavy atom. The summed E-state index contributed by atoms with van der Waals surface area (Å²) in [5.41, 5.74) is 1.83. The number of H-pyrrole nitrogens is 1. The second kappa shape index (κ2) is 12.5. The summed E-state index contributed by atoms with van der Waals surface area (Å²) in [6.07, 6.45) is 4.52. The molecule has 0 aliphatic carbocycles. The van der Waals surface area contributed by atoms with Crippen molar-refractivity contribution in [3.63, 3.8) is 0 Å². The van der Waals surface area contributed by atoms with E-state index in [0.29, 0.717) is 51.4 Å². The second-order valence-electron chi connectivity index (χ2n) is 10.0. The summed E-state index contributed by atoms with van der Waals surface area (Å²) in [6, 6.07) is 18.2. The Labute approximate surface area is 235 Å². The van der Waals surface area contributed by atoms with E-state index in [-0.39, 0.29) is 35.0 Å². The summed E-state index contributed by atoms with van der Waals surface area (Å²) < 4.78 is 5.11. The van der Waals surface area contributed by atoms with Crippen molar-refractivity contribution in [2.45, 2.75) is 38.5 Å². The van der Waals surface area contributed by atoms with Gasteiger partial charge >= 0.3 is 5.63 Å². The van der Waals surface area contributed by atoms with E-state index < -0.39 is 5.63 Å². The minimum absolute atomic E-state index is 0.0131. The van der Waals surface area contributed by atoms with Crippen LogP contribution in [0.15, 0.2) is 80.7 Å². The molecule has 9 nitrogen and oxygen atoms in total. The fourth-order valence-electron chi connectivity index (χ4n) is 5.04. The van der Waals surface area contributed by atoms with Crippen molar-refractivity contribution in [1.82, 2.24) is 15.6 Å². The molecule has 2 aromatic heterocycles. The molecule has 0 aliphatic heterocycles. The van der Waals surface area contributed by atoms with Crippen LogP contribution in [0.25, 0.3) is 32.8 Å². The molecule has 0 bridgehead atoms. The first-order chi connectivity index (χ1) is 19.9. The van der Waals surface area contributed by atoms with Crippen LogP contribution in [0.5, 0.6) is 5.75 Å². The molecule has 41 heavy (non-hydrogen) atoms. The number of aromatic hydroxyl groups is 1. The number of pyridine rings is 1. The van der Waals surface area contributed by atoms with E-state index in [4.69, 9.17) is 4.42 Å². The van der Waals surface area contributed by atoms with E-state index in [1.54, 1.807) is 30.3 Å². The van der Waals surface area contributed by atoms with E-state index in [9.17, 15) is 24.3 Å². The third kappa shape index (κ3) is 6.46. The highest BCUT2D eigenvalue weighted by atomic mass is 16.4. The third-order valence-electron chi connectivity index (χ3n) is 7.11. The van der Waals surface area contributed by atoms with Crippen molar-refractivity contribution in [3.8, 4) is 5.75 Å². The van der Waals surface area contributed by atoms with Crippen LogP contribution in [-0.2, 0) is 11.2 Å². The van der Waals surface area contributed by atoms with Gasteiger partial charge in [0.2, 0.25) is 5.91 Å². The van der Waals surface area contributed by atoms with Gasteiger partial charge < -0.3 is 25.1 Å². The Bertz CT molecular complexity index is 1860. The lowest BCUT2D eigenvalue weighted by molar-refractivity contribution is -0.120. The summed E-state index contributed by atoms with van der Waals surface area (Å²) in [4.78, 5) is 53.2. The van der Waals surface area contributed by atoms with Crippen LogP contribution in [0.1, 0.15) is 48.0 Å². The SMILES string of the molecule is O=C(Cc1cc(=O)oc2cc(O)ccc12)NCCCCCCCNC(=O)c1cccc2c(=O)c3ccccc3[nH]c12. The van der Waals surface area contributed by atoms with Crippen LogP contribution in [0, 0.1) is 0 Å². The summed E-state index contributed by atoms with van der Waals surface area (Å²) in [7, 11) is 0. The Kier molecular flexibility index (Phi) is 8.43.